The van der Waals surface area contributed by atoms with E-state index in [9.17, 15) is 4.79 Å². The first-order chi connectivity index (χ1) is 13.7. The van der Waals surface area contributed by atoms with E-state index < -0.39 is 0 Å². The summed E-state index contributed by atoms with van der Waals surface area (Å²) in [4.78, 5) is 22.4. The molecular formula is C21H22N3O2S2+. The second-order valence-corrected chi connectivity index (χ2v) is 8.44. The smallest absolute Gasteiger partial charge is 0.260 e. The number of ether oxygens (including phenoxy) is 1. The lowest BCUT2D eigenvalue weighted by Crippen LogP contribution is -2.85. The zero-order valence-electron chi connectivity index (χ0n) is 15.8. The van der Waals surface area contributed by atoms with Crippen molar-refractivity contribution >= 4 is 32.9 Å². The number of methoxy groups -OCH3 is 1. The monoisotopic (exact) mass is 412 g/mol. The second-order valence-electron chi connectivity index (χ2n) is 6.63. The van der Waals surface area contributed by atoms with E-state index in [1.54, 1.807) is 18.4 Å². The number of fused-ring (bicyclic) bond motifs is 1. The molecule has 4 aromatic rings. The van der Waals surface area contributed by atoms with Crippen LogP contribution < -0.4 is 15.6 Å². The van der Waals surface area contributed by atoms with Gasteiger partial charge in [-0.25, -0.2) is 4.98 Å². The number of aromatic amines is 1. The van der Waals surface area contributed by atoms with Gasteiger partial charge < -0.3 is 15.0 Å². The number of hydrogen-bond donors (Lipinski definition) is 2. The fourth-order valence-electron chi connectivity index (χ4n) is 3.30. The van der Waals surface area contributed by atoms with E-state index >= 15 is 0 Å². The van der Waals surface area contributed by atoms with E-state index in [4.69, 9.17) is 9.72 Å². The number of quaternary nitrogens is 1. The molecule has 28 heavy (non-hydrogen) atoms. The molecule has 144 valence electrons. The van der Waals surface area contributed by atoms with E-state index in [1.165, 1.54) is 16.9 Å². The van der Waals surface area contributed by atoms with E-state index in [1.807, 2.05) is 41.1 Å². The summed E-state index contributed by atoms with van der Waals surface area (Å²) >= 11 is 3.17. The molecule has 0 amide bonds. The Labute approximate surface area is 171 Å². The highest BCUT2D eigenvalue weighted by molar-refractivity contribution is 7.18. The van der Waals surface area contributed by atoms with E-state index in [2.05, 4.69) is 23.3 Å². The van der Waals surface area contributed by atoms with Crippen molar-refractivity contribution in [3.05, 3.63) is 68.9 Å². The number of para-hydroxylation sites is 1. The molecule has 3 aromatic heterocycles. The Morgan fingerprint density at radius 3 is 2.86 bits per heavy atom. The van der Waals surface area contributed by atoms with Gasteiger partial charge >= 0.3 is 0 Å². The summed E-state index contributed by atoms with van der Waals surface area (Å²) in [5.41, 5.74) is 2.10. The number of benzene rings is 1. The number of rotatable bonds is 7. The number of nitrogens with zero attached hydrogens (tertiary/aromatic N) is 1. The van der Waals surface area contributed by atoms with Gasteiger partial charge in [-0.1, -0.05) is 24.3 Å². The lowest BCUT2D eigenvalue weighted by atomic mass is 10.1. The van der Waals surface area contributed by atoms with Gasteiger partial charge in [-0.05, 0) is 30.0 Å². The summed E-state index contributed by atoms with van der Waals surface area (Å²) in [7, 11) is 1.69. The zero-order chi connectivity index (χ0) is 19.5. The maximum Gasteiger partial charge on any atom is 0.260 e. The fourth-order valence-corrected chi connectivity index (χ4v) is 5.07. The van der Waals surface area contributed by atoms with Crippen LogP contribution in [0.2, 0.25) is 0 Å². The third kappa shape index (κ3) is 3.73. The third-order valence-corrected chi connectivity index (χ3v) is 6.58. The van der Waals surface area contributed by atoms with E-state index in [-0.39, 0.29) is 11.6 Å². The first-order valence-electron chi connectivity index (χ1n) is 9.18. The van der Waals surface area contributed by atoms with Crippen molar-refractivity contribution in [3.63, 3.8) is 0 Å². The van der Waals surface area contributed by atoms with Crippen LogP contribution in [0, 0.1) is 0 Å². The van der Waals surface area contributed by atoms with Gasteiger partial charge in [-0.15, -0.1) is 22.7 Å². The zero-order valence-corrected chi connectivity index (χ0v) is 17.4. The summed E-state index contributed by atoms with van der Waals surface area (Å²) in [6.07, 6.45) is 0.891. The Morgan fingerprint density at radius 1 is 1.21 bits per heavy atom. The standard InChI is InChI=1S/C21H21N3O2S2/c1-13(22-10-9-14-6-3-4-7-16(14)26-2)19-23-20(25)18-15(12-28-21(18)24-19)17-8-5-11-27-17/h3-8,11-13,22H,9-10H2,1-2H3,(H,23,24,25)/p+1/t13-/m0/s1. The highest BCUT2D eigenvalue weighted by Gasteiger charge is 2.18. The molecule has 0 aliphatic carbocycles. The Kier molecular flexibility index (Phi) is 5.57. The molecule has 5 nitrogen and oxygen atoms in total. The van der Waals surface area contributed by atoms with Crippen LogP contribution in [0.5, 0.6) is 5.75 Å². The van der Waals surface area contributed by atoms with Gasteiger partial charge in [-0.3, -0.25) is 4.79 Å². The summed E-state index contributed by atoms with van der Waals surface area (Å²) < 4.78 is 5.41. The number of thiophene rings is 2. The van der Waals surface area contributed by atoms with Crippen molar-refractivity contribution in [3.8, 4) is 16.2 Å². The molecule has 0 aliphatic rings. The van der Waals surface area contributed by atoms with Crippen molar-refractivity contribution in [1.82, 2.24) is 9.97 Å². The van der Waals surface area contributed by atoms with Crippen molar-refractivity contribution in [2.24, 2.45) is 0 Å². The molecule has 0 saturated carbocycles. The van der Waals surface area contributed by atoms with Gasteiger partial charge in [0.1, 0.15) is 16.6 Å². The molecular weight excluding hydrogens is 390 g/mol. The average Bonchev–Trinajstić information content (AvgIpc) is 3.37. The Morgan fingerprint density at radius 2 is 2.07 bits per heavy atom. The number of nitrogens with two attached hydrogens (primary N) is 1. The first kappa shape index (κ1) is 18.9. The minimum Gasteiger partial charge on any atom is -0.496 e. The first-order valence-corrected chi connectivity index (χ1v) is 10.9. The van der Waals surface area contributed by atoms with Gasteiger partial charge in [0, 0.05) is 22.2 Å². The molecule has 1 aromatic carbocycles. The summed E-state index contributed by atoms with van der Waals surface area (Å²) in [5, 5.41) is 6.94. The maximum atomic E-state index is 12.7. The molecule has 0 aliphatic heterocycles. The molecule has 0 unspecified atom stereocenters. The SMILES string of the molecule is COc1ccccc1CC[NH2+][C@@H](C)c1nc2scc(-c3cccs3)c2c(=O)[nH]1. The molecule has 3 heterocycles. The highest BCUT2D eigenvalue weighted by atomic mass is 32.1. The highest BCUT2D eigenvalue weighted by Crippen LogP contribution is 2.33. The van der Waals surface area contributed by atoms with Crippen molar-refractivity contribution in [2.75, 3.05) is 13.7 Å². The molecule has 0 bridgehead atoms. The number of H-pyrrole nitrogens is 1. The minimum atomic E-state index is -0.0605. The van der Waals surface area contributed by atoms with Gasteiger partial charge in [0.2, 0.25) is 0 Å². The van der Waals surface area contributed by atoms with Crippen molar-refractivity contribution < 1.29 is 10.1 Å². The number of hydrogen-bond acceptors (Lipinski definition) is 5. The van der Waals surface area contributed by atoms with Gasteiger partial charge in [0.25, 0.3) is 5.56 Å². The quantitative estimate of drug-likeness (QED) is 0.487. The van der Waals surface area contributed by atoms with E-state index in [0.717, 1.165) is 39.8 Å². The van der Waals surface area contributed by atoms with E-state index in [0.29, 0.717) is 5.39 Å². The largest absolute Gasteiger partial charge is 0.496 e. The van der Waals surface area contributed by atoms with Crippen LogP contribution in [0.25, 0.3) is 20.7 Å². The van der Waals surface area contributed by atoms with Crippen LogP contribution in [0.1, 0.15) is 24.4 Å². The molecule has 4 rings (SSSR count). The average molecular weight is 413 g/mol. The topological polar surface area (TPSA) is 71.6 Å². The molecule has 3 N–H and O–H groups in total. The van der Waals surface area contributed by atoms with Gasteiger partial charge in [0.15, 0.2) is 5.82 Å². The molecule has 0 saturated heterocycles. The normalized spacial score (nSPS) is 12.4. The predicted octanol–water partition coefficient (Wildman–Crippen LogP) is 3.59. The molecule has 0 radical (unpaired) electrons. The van der Waals surface area contributed by atoms with Crippen LogP contribution in [0.4, 0.5) is 0 Å². The second kappa shape index (κ2) is 8.26. The Balaban J connectivity index is 1.50. The third-order valence-electron chi connectivity index (χ3n) is 4.81. The van der Waals surface area contributed by atoms with Gasteiger partial charge in [0.05, 0.1) is 19.0 Å². The molecule has 1 atom stereocenters. The van der Waals surface area contributed by atoms with Crippen LogP contribution in [0.3, 0.4) is 0 Å². The minimum absolute atomic E-state index is 0.0605. The van der Waals surface area contributed by atoms with Crippen LogP contribution in [-0.4, -0.2) is 23.6 Å². The lowest BCUT2D eigenvalue weighted by Gasteiger charge is -2.11. The summed E-state index contributed by atoms with van der Waals surface area (Å²) in [6.45, 7) is 2.95. The van der Waals surface area contributed by atoms with Crippen LogP contribution in [-0.2, 0) is 6.42 Å². The van der Waals surface area contributed by atoms with Crippen LogP contribution >= 0.6 is 22.7 Å². The Bertz CT molecular complexity index is 1130. The van der Waals surface area contributed by atoms with Crippen molar-refractivity contribution in [1.29, 1.82) is 0 Å². The summed E-state index contributed by atoms with van der Waals surface area (Å²) in [5.74, 6) is 1.63. The van der Waals surface area contributed by atoms with Crippen LogP contribution in [0.15, 0.2) is 52.0 Å². The molecule has 0 spiro atoms. The van der Waals surface area contributed by atoms with Crippen molar-refractivity contribution in [2.45, 2.75) is 19.4 Å². The van der Waals surface area contributed by atoms with Gasteiger partial charge in [-0.2, -0.15) is 0 Å². The fraction of sp³-hybridized carbons (Fsp3) is 0.238. The Hall–Kier alpha value is -2.48. The summed E-state index contributed by atoms with van der Waals surface area (Å²) in [6, 6.07) is 12.2. The predicted molar refractivity (Wildman–Crippen MR) is 115 cm³/mol. The maximum absolute atomic E-state index is 12.7. The number of nitrogens with one attached hydrogen (secondary N) is 1. The molecule has 0 fully saturated rings. The lowest BCUT2D eigenvalue weighted by molar-refractivity contribution is -0.693. The molecule has 7 heteroatoms. The number of aromatic nitrogens is 2.